The number of aromatic nitrogens is 1. The summed E-state index contributed by atoms with van der Waals surface area (Å²) in [7, 11) is 0. The average molecular weight is 383 g/mol. The summed E-state index contributed by atoms with van der Waals surface area (Å²) in [4.78, 5) is 25.6. The number of ketones is 1. The van der Waals surface area contributed by atoms with E-state index in [0.29, 0.717) is 22.3 Å². The van der Waals surface area contributed by atoms with Crippen molar-refractivity contribution in [1.29, 1.82) is 0 Å². The van der Waals surface area contributed by atoms with Crippen LogP contribution in [0, 0.1) is 6.92 Å². The SMILES string of the molecule is CCOC(=O)c1cc(C(=O)c2ccc(-c3ccccc3)cc2)n2ccc(C)cc12. The molecule has 0 aliphatic carbocycles. The molecule has 0 aliphatic rings. The summed E-state index contributed by atoms with van der Waals surface area (Å²) in [6.45, 7) is 4.00. The van der Waals surface area contributed by atoms with E-state index >= 15 is 0 Å². The maximum absolute atomic E-state index is 13.2. The van der Waals surface area contributed by atoms with Crippen LogP contribution in [0.15, 0.2) is 79.0 Å². The Hall–Kier alpha value is -3.66. The van der Waals surface area contributed by atoms with E-state index in [9.17, 15) is 9.59 Å². The summed E-state index contributed by atoms with van der Waals surface area (Å²) in [5.41, 5.74) is 5.24. The third kappa shape index (κ3) is 3.57. The van der Waals surface area contributed by atoms with E-state index in [-0.39, 0.29) is 12.4 Å². The summed E-state index contributed by atoms with van der Waals surface area (Å²) < 4.78 is 6.93. The summed E-state index contributed by atoms with van der Waals surface area (Å²) >= 11 is 0. The molecule has 0 aliphatic heterocycles. The Morgan fingerprint density at radius 2 is 1.59 bits per heavy atom. The Kier molecular flexibility index (Phi) is 5.00. The lowest BCUT2D eigenvalue weighted by Crippen LogP contribution is -2.05. The molecule has 29 heavy (non-hydrogen) atoms. The molecule has 0 atom stereocenters. The summed E-state index contributed by atoms with van der Waals surface area (Å²) in [6.07, 6.45) is 1.82. The molecular weight excluding hydrogens is 362 g/mol. The van der Waals surface area contributed by atoms with Gasteiger partial charge in [0.05, 0.1) is 23.4 Å². The second kappa shape index (κ2) is 7.76. The van der Waals surface area contributed by atoms with E-state index < -0.39 is 5.97 Å². The van der Waals surface area contributed by atoms with Gasteiger partial charge in [0.25, 0.3) is 0 Å². The summed E-state index contributed by atoms with van der Waals surface area (Å²) in [5.74, 6) is -0.562. The van der Waals surface area contributed by atoms with Crippen molar-refractivity contribution < 1.29 is 14.3 Å². The van der Waals surface area contributed by atoms with Gasteiger partial charge in [-0.25, -0.2) is 4.79 Å². The fraction of sp³-hybridized carbons (Fsp3) is 0.120. The molecule has 0 bridgehead atoms. The van der Waals surface area contributed by atoms with E-state index in [1.165, 1.54) is 0 Å². The smallest absolute Gasteiger partial charge is 0.340 e. The molecule has 0 amide bonds. The highest BCUT2D eigenvalue weighted by molar-refractivity contribution is 6.11. The van der Waals surface area contributed by atoms with E-state index in [1.807, 2.05) is 79.9 Å². The molecule has 4 aromatic rings. The van der Waals surface area contributed by atoms with E-state index in [0.717, 1.165) is 16.7 Å². The van der Waals surface area contributed by atoms with Crippen molar-refractivity contribution >= 4 is 17.3 Å². The Morgan fingerprint density at radius 1 is 0.897 bits per heavy atom. The summed E-state index contributed by atoms with van der Waals surface area (Å²) in [6, 6.07) is 23.0. The first-order valence-electron chi connectivity index (χ1n) is 9.57. The topological polar surface area (TPSA) is 47.8 Å². The third-order valence-corrected chi connectivity index (χ3v) is 4.91. The molecule has 0 radical (unpaired) electrons. The van der Waals surface area contributed by atoms with Crippen molar-refractivity contribution in [2.75, 3.05) is 6.61 Å². The number of ether oxygens (including phenoxy) is 1. The van der Waals surface area contributed by atoms with Crippen molar-refractivity contribution in [1.82, 2.24) is 4.40 Å². The van der Waals surface area contributed by atoms with Crippen LogP contribution < -0.4 is 0 Å². The first-order valence-corrected chi connectivity index (χ1v) is 9.57. The number of esters is 1. The van der Waals surface area contributed by atoms with E-state index in [4.69, 9.17) is 4.74 Å². The van der Waals surface area contributed by atoms with Crippen LogP contribution in [-0.4, -0.2) is 22.8 Å². The zero-order valence-corrected chi connectivity index (χ0v) is 16.4. The van der Waals surface area contributed by atoms with E-state index in [2.05, 4.69) is 0 Å². The highest BCUT2D eigenvalue weighted by atomic mass is 16.5. The van der Waals surface area contributed by atoms with Crippen LogP contribution in [0.3, 0.4) is 0 Å². The van der Waals surface area contributed by atoms with Crippen molar-refractivity contribution in [2.45, 2.75) is 13.8 Å². The molecule has 144 valence electrons. The first kappa shape index (κ1) is 18.7. The van der Waals surface area contributed by atoms with Crippen LogP contribution in [0.25, 0.3) is 16.6 Å². The number of carbonyl (C=O) groups excluding carboxylic acids is 2. The Balaban J connectivity index is 1.74. The highest BCUT2D eigenvalue weighted by Crippen LogP contribution is 2.24. The van der Waals surface area contributed by atoms with Crippen molar-refractivity contribution in [3.8, 4) is 11.1 Å². The van der Waals surface area contributed by atoms with Crippen LogP contribution in [0.4, 0.5) is 0 Å². The van der Waals surface area contributed by atoms with E-state index in [1.54, 1.807) is 17.4 Å². The normalized spacial score (nSPS) is 10.8. The van der Waals surface area contributed by atoms with Gasteiger partial charge in [-0.3, -0.25) is 4.79 Å². The molecule has 2 aromatic carbocycles. The van der Waals surface area contributed by atoms with Crippen LogP contribution in [0.1, 0.15) is 38.9 Å². The minimum Gasteiger partial charge on any atom is -0.462 e. The molecule has 4 rings (SSSR count). The molecule has 4 nitrogen and oxygen atoms in total. The molecule has 2 heterocycles. The highest BCUT2D eigenvalue weighted by Gasteiger charge is 2.21. The number of pyridine rings is 1. The van der Waals surface area contributed by atoms with Gasteiger partial charge in [-0.1, -0.05) is 54.6 Å². The standard InChI is InChI=1S/C25H21NO3/c1-3-29-25(28)21-16-23(26-14-13-17(2)15-22(21)26)24(27)20-11-9-19(10-12-20)18-7-5-4-6-8-18/h4-16H,3H2,1-2H3. The zero-order valence-electron chi connectivity index (χ0n) is 16.4. The second-order valence-electron chi connectivity index (χ2n) is 6.90. The lowest BCUT2D eigenvalue weighted by molar-refractivity contribution is 0.0529. The quantitative estimate of drug-likeness (QED) is 0.346. The largest absolute Gasteiger partial charge is 0.462 e. The fourth-order valence-corrected chi connectivity index (χ4v) is 3.44. The molecule has 2 aromatic heterocycles. The molecule has 0 spiro atoms. The Labute approximate surface area is 169 Å². The van der Waals surface area contributed by atoms with Gasteiger partial charge in [-0.05, 0) is 48.7 Å². The lowest BCUT2D eigenvalue weighted by atomic mass is 10.0. The zero-order chi connectivity index (χ0) is 20.4. The maximum atomic E-state index is 13.2. The molecule has 4 heteroatoms. The van der Waals surface area contributed by atoms with Gasteiger partial charge >= 0.3 is 5.97 Å². The molecule has 0 saturated carbocycles. The first-order chi connectivity index (χ1) is 14.1. The number of hydrogen-bond acceptors (Lipinski definition) is 3. The predicted octanol–water partition coefficient (Wildman–Crippen LogP) is 5.32. The van der Waals surface area contributed by atoms with Crippen LogP contribution in [-0.2, 0) is 4.74 Å². The van der Waals surface area contributed by atoms with Gasteiger partial charge in [0, 0.05) is 11.8 Å². The number of benzene rings is 2. The van der Waals surface area contributed by atoms with Crippen LogP contribution in [0.5, 0.6) is 0 Å². The molecule has 0 unspecified atom stereocenters. The monoisotopic (exact) mass is 383 g/mol. The van der Waals surface area contributed by atoms with Crippen molar-refractivity contribution in [3.63, 3.8) is 0 Å². The van der Waals surface area contributed by atoms with Crippen LogP contribution in [0.2, 0.25) is 0 Å². The third-order valence-electron chi connectivity index (χ3n) is 4.91. The minimum atomic E-state index is -0.422. The second-order valence-corrected chi connectivity index (χ2v) is 6.90. The van der Waals surface area contributed by atoms with Gasteiger partial charge < -0.3 is 9.14 Å². The Bertz CT molecular complexity index is 1190. The molecule has 0 N–H and O–H groups in total. The lowest BCUT2D eigenvalue weighted by Gasteiger charge is -2.06. The molecule has 0 saturated heterocycles. The van der Waals surface area contributed by atoms with Gasteiger partial charge in [-0.15, -0.1) is 0 Å². The van der Waals surface area contributed by atoms with Crippen molar-refractivity contribution in [3.05, 3.63) is 101 Å². The molecule has 0 fully saturated rings. The maximum Gasteiger partial charge on any atom is 0.340 e. The number of rotatable bonds is 5. The van der Waals surface area contributed by atoms with Gasteiger partial charge in [0.15, 0.2) is 0 Å². The average Bonchev–Trinajstić information content (AvgIpc) is 3.13. The van der Waals surface area contributed by atoms with Gasteiger partial charge in [-0.2, -0.15) is 0 Å². The summed E-state index contributed by atoms with van der Waals surface area (Å²) in [5, 5.41) is 0. The van der Waals surface area contributed by atoms with Crippen molar-refractivity contribution in [2.24, 2.45) is 0 Å². The van der Waals surface area contributed by atoms with Crippen LogP contribution >= 0.6 is 0 Å². The number of fused-ring (bicyclic) bond motifs is 1. The molecular formula is C25H21NO3. The van der Waals surface area contributed by atoms with Gasteiger partial charge in [0.1, 0.15) is 0 Å². The number of carbonyl (C=O) groups is 2. The Morgan fingerprint density at radius 3 is 2.28 bits per heavy atom. The predicted molar refractivity (Wildman–Crippen MR) is 113 cm³/mol. The minimum absolute atomic E-state index is 0.140. The van der Waals surface area contributed by atoms with Gasteiger partial charge in [0.2, 0.25) is 5.78 Å². The number of hydrogen-bond donors (Lipinski definition) is 0. The fourth-order valence-electron chi connectivity index (χ4n) is 3.44. The number of aryl methyl sites for hydroxylation is 1. The number of nitrogens with zero attached hydrogens (tertiary/aromatic N) is 1.